The molecule has 4 N–H and O–H groups in total. The van der Waals surface area contributed by atoms with Gasteiger partial charge in [-0.15, -0.1) is 11.8 Å². The molecular weight excluding hydrogens is 472 g/mol. The van der Waals surface area contributed by atoms with Crippen molar-refractivity contribution in [1.29, 1.82) is 0 Å². The summed E-state index contributed by atoms with van der Waals surface area (Å²) in [4.78, 5) is 23.5. The highest BCUT2D eigenvalue weighted by Gasteiger charge is 2.49. The molecule has 2 atom stereocenters. The second kappa shape index (κ2) is 17.7. The second-order valence-corrected chi connectivity index (χ2v) is 11.4. The third-order valence-corrected chi connectivity index (χ3v) is 8.52. The average Bonchev–Trinajstić information content (AvgIpc) is 3.33. The van der Waals surface area contributed by atoms with E-state index in [0.29, 0.717) is 17.9 Å². The number of nitrogens with one attached hydrogen (secondary N) is 2. The third-order valence-electron chi connectivity index (χ3n) is 7.05. The quantitative estimate of drug-likeness (QED) is 0.143. The molecule has 36 heavy (non-hydrogen) atoms. The monoisotopic (exact) mass is 520 g/mol. The van der Waals surface area contributed by atoms with Gasteiger partial charge in [0.25, 0.3) is 5.91 Å². The molecule has 0 spiro atoms. The van der Waals surface area contributed by atoms with Crippen LogP contribution in [0.15, 0.2) is 24.3 Å². The number of hydrogen-bond donors (Lipinski definition) is 4. The topological polar surface area (TPSA) is 98.7 Å². The lowest BCUT2D eigenvalue weighted by Gasteiger charge is -2.28. The molecule has 1 fully saturated rings. The van der Waals surface area contributed by atoms with Crippen LogP contribution in [0, 0.1) is 0 Å². The number of hydrogen-bond acceptors (Lipinski definition) is 5. The number of carboxylic acids is 1. The highest BCUT2D eigenvalue weighted by Crippen LogP contribution is 2.40. The van der Waals surface area contributed by atoms with Crippen molar-refractivity contribution in [3.05, 3.63) is 29.8 Å². The maximum atomic E-state index is 13.1. The first kappa shape index (κ1) is 30.5. The molecule has 1 aromatic rings. The van der Waals surface area contributed by atoms with Gasteiger partial charge in [-0.25, -0.2) is 0 Å². The van der Waals surface area contributed by atoms with Gasteiger partial charge in [-0.05, 0) is 24.1 Å². The summed E-state index contributed by atoms with van der Waals surface area (Å²) in [5.41, 5.74) is 0.651. The number of carbonyl (C=O) groups is 2. The smallest absolute Gasteiger partial charge is 0.321 e. The molecule has 7 heteroatoms. The fraction of sp³-hybridized carbons (Fsp3) is 0.724. The Morgan fingerprint density at radius 1 is 0.861 bits per heavy atom. The molecule has 1 unspecified atom stereocenters. The maximum absolute atomic E-state index is 13.1. The fourth-order valence-corrected chi connectivity index (χ4v) is 6.17. The number of phenols is 1. The van der Waals surface area contributed by atoms with Crippen LogP contribution in [-0.4, -0.2) is 40.4 Å². The van der Waals surface area contributed by atoms with E-state index in [1.165, 1.54) is 114 Å². The molecule has 1 aliphatic heterocycles. The second-order valence-electron chi connectivity index (χ2n) is 10.1. The van der Waals surface area contributed by atoms with Crippen LogP contribution in [0.3, 0.4) is 0 Å². The van der Waals surface area contributed by atoms with Crippen molar-refractivity contribution < 1.29 is 19.8 Å². The summed E-state index contributed by atoms with van der Waals surface area (Å²) in [6, 6.07) is 5.61. The summed E-state index contributed by atoms with van der Waals surface area (Å²) in [7, 11) is 0. The molecule has 6 nitrogen and oxygen atoms in total. The minimum Gasteiger partial charge on any atom is -0.508 e. The van der Waals surface area contributed by atoms with E-state index in [1.54, 1.807) is 12.1 Å². The Hall–Kier alpha value is -1.73. The highest BCUT2D eigenvalue weighted by atomic mass is 32.2. The zero-order valence-corrected chi connectivity index (χ0v) is 23.1. The van der Waals surface area contributed by atoms with Gasteiger partial charge in [0.1, 0.15) is 11.8 Å². The van der Waals surface area contributed by atoms with Gasteiger partial charge in [0.15, 0.2) is 4.87 Å². The SMILES string of the molecule is CCCCCCCCCCCCCCCCCCNC(=O)C1(c2ccc(O)cc2)N[C@H](C(=O)O)CS1. The number of aromatic hydroxyl groups is 1. The molecule has 204 valence electrons. The number of rotatable bonds is 20. The number of amides is 1. The van der Waals surface area contributed by atoms with E-state index in [1.807, 2.05) is 0 Å². The van der Waals surface area contributed by atoms with E-state index < -0.39 is 16.9 Å². The van der Waals surface area contributed by atoms with Crippen LogP contribution < -0.4 is 10.6 Å². The molecule has 1 aliphatic rings. The van der Waals surface area contributed by atoms with Crippen LogP contribution >= 0.6 is 11.8 Å². The number of thioether (sulfide) groups is 1. The minimum absolute atomic E-state index is 0.111. The first-order valence-corrected chi connectivity index (χ1v) is 15.2. The van der Waals surface area contributed by atoms with Crippen molar-refractivity contribution in [3.63, 3.8) is 0 Å². The lowest BCUT2D eigenvalue weighted by atomic mass is 10.0. The van der Waals surface area contributed by atoms with Crippen LogP contribution in [0.25, 0.3) is 0 Å². The van der Waals surface area contributed by atoms with Gasteiger partial charge < -0.3 is 15.5 Å². The summed E-state index contributed by atoms with van der Waals surface area (Å²) >= 11 is 1.30. The Kier molecular flexibility index (Phi) is 15.0. The van der Waals surface area contributed by atoms with Gasteiger partial charge in [0.2, 0.25) is 0 Å². The van der Waals surface area contributed by atoms with E-state index in [0.717, 1.165) is 12.8 Å². The molecule has 1 heterocycles. The van der Waals surface area contributed by atoms with Crippen molar-refractivity contribution in [3.8, 4) is 5.75 Å². The maximum Gasteiger partial charge on any atom is 0.321 e. The number of aliphatic carboxylic acids is 1. The van der Waals surface area contributed by atoms with Crippen molar-refractivity contribution >= 4 is 23.6 Å². The average molecular weight is 521 g/mol. The molecular formula is C29H48N2O4S. The van der Waals surface area contributed by atoms with Gasteiger partial charge in [0.05, 0.1) is 0 Å². The van der Waals surface area contributed by atoms with E-state index >= 15 is 0 Å². The molecule has 1 aromatic carbocycles. The van der Waals surface area contributed by atoms with Gasteiger partial charge in [-0.1, -0.05) is 115 Å². The highest BCUT2D eigenvalue weighted by molar-refractivity contribution is 8.01. The van der Waals surface area contributed by atoms with Crippen LogP contribution in [0.1, 0.15) is 115 Å². The van der Waals surface area contributed by atoms with Crippen LogP contribution in [0.5, 0.6) is 5.75 Å². The van der Waals surface area contributed by atoms with Crippen LogP contribution in [0.2, 0.25) is 0 Å². The molecule has 0 bridgehead atoms. The van der Waals surface area contributed by atoms with E-state index in [-0.39, 0.29) is 11.7 Å². The zero-order valence-electron chi connectivity index (χ0n) is 22.2. The third kappa shape index (κ3) is 10.7. The van der Waals surface area contributed by atoms with Gasteiger partial charge in [-0.2, -0.15) is 0 Å². The predicted molar refractivity (Wildman–Crippen MR) is 149 cm³/mol. The number of phenolic OH excluding ortho intramolecular Hbond substituents is 1. The summed E-state index contributed by atoms with van der Waals surface area (Å²) in [6.07, 6.45) is 20.9. The van der Waals surface area contributed by atoms with E-state index in [9.17, 15) is 19.8 Å². The first-order valence-electron chi connectivity index (χ1n) is 14.2. The van der Waals surface area contributed by atoms with Crippen molar-refractivity contribution in [2.75, 3.05) is 12.3 Å². The minimum atomic E-state index is -1.15. The zero-order chi connectivity index (χ0) is 26.1. The molecule has 0 radical (unpaired) electrons. The molecule has 0 aromatic heterocycles. The Morgan fingerprint density at radius 3 is 1.78 bits per heavy atom. The number of benzene rings is 1. The number of carbonyl (C=O) groups excluding carboxylic acids is 1. The Morgan fingerprint density at radius 2 is 1.33 bits per heavy atom. The number of unbranched alkanes of at least 4 members (excludes halogenated alkanes) is 15. The normalized spacial score (nSPS) is 19.4. The molecule has 1 saturated heterocycles. The summed E-state index contributed by atoms with van der Waals surface area (Å²) < 4.78 is 0. The largest absolute Gasteiger partial charge is 0.508 e. The molecule has 0 aliphatic carbocycles. The van der Waals surface area contributed by atoms with Crippen LogP contribution in [0.4, 0.5) is 0 Å². The van der Waals surface area contributed by atoms with Crippen molar-refractivity contribution in [1.82, 2.24) is 10.6 Å². The summed E-state index contributed by atoms with van der Waals surface area (Å²) in [6.45, 7) is 2.85. The van der Waals surface area contributed by atoms with E-state index in [2.05, 4.69) is 17.6 Å². The van der Waals surface area contributed by atoms with Gasteiger partial charge in [0, 0.05) is 12.3 Å². The predicted octanol–water partition coefficient (Wildman–Crippen LogP) is 6.71. The molecule has 0 saturated carbocycles. The first-order chi connectivity index (χ1) is 17.5. The standard InChI is InChI=1S/C29H48N2O4S/c1-2-3-4-5-6-7-8-9-10-11-12-13-14-15-16-17-22-30-28(35)29(24-18-20-25(32)21-19-24)31-26(23-36-29)27(33)34/h18-21,26,31-32H,2-17,22-23H2,1H3,(H,30,35)(H,33,34)/t26-,29?/m0/s1. The summed E-state index contributed by atoms with van der Waals surface area (Å²) in [5, 5.41) is 25.0. The number of carboxylic acid groups (broad SMARTS) is 1. The lowest BCUT2D eigenvalue weighted by molar-refractivity contribution is -0.139. The fourth-order valence-electron chi connectivity index (χ4n) is 4.79. The molecule has 2 rings (SSSR count). The van der Waals surface area contributed by atoms with E-state index in [4.69, 9.17) is 0 Å². The van der Waals surface area contributed by atoms with Gasteiger partial charge in [-0.3, -0.25) is 14.9 Å². The lowest BCUT2D eigenvalue weighted by Crippen LogP contribution is -2.52. The van der Waals surface area contributed by atoms with Crippen LogP contribution in [-0.2, 0) is 14.5 Å². The van der Waals surface area contributed by atoms with Crippen molar-refractivity contribution in [2.24, 2.45) is 0 Å². The molecule has 1 amide bonds. The van der Waals surface area contributed by atoms with Crippen molar-refractivity contribution in [2.45, 2.75) is 121 Å². The Bertz CT molecular complexity index is 758. The Balaban J connectivity index is 1.54. The Labute approximate surface area is 222 Å². The van der Waals surface area contributed by atoms with Gasteiger partial charge >= 0.3 is 5.97 Å². The summed E-state index contributed by atoms with van der Waals surface area (Å²) in [5.74, 6) is -0.764.